The van der Waals surface area contributed by atoms with E-state index in [0.29, 0.717) is 23.0 Å². The average Bonchev–Trinajstić information content (AvgIpc) is 3.18. The van der Waals surface area contributed by atoms with E-state index in [9.17, 15) is 9.59 Å². The van der Waals surface area contributed by atoms with Crippen molar-refractivity contribution in [1.29, 1.82) is 0 Å². The van der Waals surface area contributed by atoms with Gasteiger partial charge in [0.2, 0.25) is 5.91 Å². The number of benzene rings is 2. The van der Waals surface area contributed by atoms with Gasteiger partial charge in [0.1, 0.15) is 5.71 Å². The van der Waals surface area contributed by atoms with Crippen LogP contribution in [0.5, 0.6) is 0 Å². The number of carbonyl (C=O) groups excluding carboxylic acids is 2. The van der Waals surface area contributed by atoms with E-state index in [1.807, 2.05) is 47.8 Å². The van der Waals surface area contributed by atoms with Crippen LogP contribution in [0.2, 0.25) is 0 Å². The Kier molecular flexibility index (Phi) is 5.31. The molecule has 6 nitrogen and oxygen atoms in total. The van der Waals surface area contributed by atoms with E-state index in [1.165, 1.54) is 16.3 Å². The van der Waals surface area contributed by atoms with Crippen molar-refractivity contribution in [3.63, 3.8) is 0 Å². The van der Waals surface area contributed by atoms with E-state index in [-0.39, 0.29) is 18.2 Å². The molecule has 2 amide bonds. The van der Waals surface area contributed by atoms with Gasteiger partial charge in [-0.25, -0.2) is 9.99 Å². The highest BCUT2D eigenvalue weighted by Crippen LogP contribution is 2.26. The third kappa shape index (κ3) is 4.02. The topological polar surface area (TPSA) is 74.7 Å². The first kappa shape index (κ1) is 18.5. The number of nitrogens with one attached hydrogen (secondary N) is 1. The van der Waals surface area contributed by atoms with Gasteiger partial charge in [0, 0.05) is 28.3 Å². The molecule has 28 heavy (non-hydrogen) atoms. The number of anilines is 2. The lowest BCUT2D eigenvalue weighted by atomic mass is 10.1. The Morgan fingerprint density at radius 2 is 1.82 bits per heavy atom. The number of aromatic nitrogens is 1. The lowest BCUT2D eigenvalue weighted by Crippen LogP contribution is -2.36. The molecule has 0 fully saturated rings. The molecule has 0 aliphatic carbocycles. The lowest BCUT2D eigenvalue weighted by molar-refractivity contribution is -0.118. The smallest absolute Gasteiger partial charge is 0.273 e. The minimum absolute atomic E-state index is 0.130. The van der Waals surface area contributed by atoms with Gasteiger partial charge in [-0.05, 0) is 24.3 Å². The van der Waals surface area contributed by atoms with E-state index in [4.69, 9.17) is 0 Å². The van der Waals surface area contributed by atoms with Crippen LogP contribution in [0.3, 0.4) is 0 Å². The summed E-state index contributed by atoms with van der Waals surface area (Å²) in [5.74, 6) is -0.473. The fraction of sp³-hybridized carbons (Fsp3) is 0.100. The monoisotopic (exact) mass is 454 g/mol. The number of thiazole rings is 1. The molecule has 1 aliphatic rings. The number of nitrogens with zero attached hydrogens (tertiary/aromatic N) is 3. The summed E-state index contributed by atoms with van der Waals surface area (Å²) in [5.41, 5.74) is 2.71. The molecule has 1 N–H and O–H groups in total. The maximum absolute atomic E-state index is 12.6. The summed E-state index contributed by atoms with van der Waals surface area (Å²) in [6, 6.07) is 16.9. The Morgan fingerprint density at radius 1 is 1.07 bits per heavy atom. The minimum atomic E-state index is -0.342. The Morgan fingerprint density at radius 3 is 2.57 bits per heavy atom. The highest BCUT2D eigenvalue weighted by atomic mass is 79.9. The second-order valence-corrected chi connectivity index (χ2v) is 7.86. The van der Waals surface area contributed by atoms with Gasteiger partial charge in [0.05, 0.1) is 11.4 Å². The Labute approximate surface area is 174 Å². The van der Waals surface area contributed by atoms with Crippen LogP contribution < -0.4 is 10.3 Å². The van der Waals surface area contributed by atoms with Crippen molar-refractivity contribution in [3.05, 3.63) is 64.5 Å². The molecule has 2 heterocycles. The van der Waals surface area contributed by atoms with Gasteiger partial charge in [0.25, 0.3) is 5.91 Å². The molecule has 4 rings (SSSR count). The van der Waals surface area contributed by atoms with Crippen LogP contribution in [0.25, 0.3) is 11.3 Å². The second kappa shape index (κ2) is 8.04. The summed E-state index contributed by atoms with van der Waals surface area (Å²) in [7, 11) is 0. The van der Waals surface area contributed by atoms with Gasteiger partial charge in [-0.15, -0.1) is 11.3 Å². The second-order valence-electron chi connectivity index (χ2n) is 6.09. The molecule has 1 aliphatic heterocycles. The van der Waals surface area contributed by atoms with Crippen molar-refractivity contribution < 1.29 is 9.59 Å². The molecule has 2 aromatic carbocycles. The third-order valence-corrected chi connectivity index (χ3v) is 5.45. The maximum Gasteiger partial charge on any atom is 0.273 e. The molecule has 0 bridgehead atoms. The van der Waals surface area contributed by atoms with Gasteiger partial charge >= 0.3 is 0 Å². The molecule has 0 saturated heterocycles. The highest BCUT2D eigenvalue weighted by Gasteiger charge is 2.26. The van der Waals surface area contributed by atoms with E-state index in [2.05, 4.69) is 31.3 Å². The molecule has 0 spiro atoms. The van der Waals surface area contributed by atoms with E-state index in [1.54, 1.807) is 12.1 Å². The quantitative estimate of drug-likeness (QED) is 0.620. The van der Waals surface area contributed by atoms with Crippen LogP contribution in [-0.4, -0.2) is 22.5 Å². The van der Waals surface area contributed by atoms with Gasteiger partial charge < -0.3 is 0 Å². The molecular formula is C20H15BrN4O2S. The molecule has 1 aromatic heterocycles. The number of hydrazone groups is 1. The van der Waals surface area contributed by atoms with Crippen molar-refractivity contribution in [1.82, 2.24) is 4.98 Å². The minimum Gasteiger partial charge on any atom is -0.297 e. The zero-order valence-electron chi connectivity index (χ0n) is 14.6. The molecule has 0 unspecified atom stereocenters. The third-order valence-electron chi connectivity index (χ3n) is 4.16. The van der Waals surface area contributed by atoms with Gasteiger partial charge in [-0.3, -0.25) is 14.9 Å². The number of halogens is 1. The van der Waals surface area contributed by atoms with Gasteiger partial charge in [-0.2, -0.15) is 5.10 Å². The van der Waals surface area contributed by atoms with Crippen molar-refractivity contribution in [3.8, 4) is 11.3 Å². The number of para-hydroxylation sites is 1. The molecule has 140 valence electrons. The molecule has 0 atom stereocenters. The summed E-state index contributed by atoms with van der Waals surface area (Å²) >= 11 is 4.76. The molecule has 0 radical (unpaired) electrons. The highest BCUT2D eigenvalue weighted by molar-refractivity contribution is 9.10. The van der Waals surface area contributed by atoms with Gasteiger partial charge in [0.15, 0.2) is 5.13 Å². The molecule has 0 saturated carbocycles. The van der Waals surface area contributed by atoms with Crippen LogP contribution in [0.4, 0.5) is 10.8 Å². The fourth-order valence-electron chi connectivity index (χ4n) is 2.74. The summed E-state index contributed by atoms with van der Waals surface area (Å²) in [6.45, 7) is 0. The lowest BCUT2D eigenvalue weighted by Gasteiger charge is -2.22. The van der Waals surface area contributed by atoms with E-state index >= 15 is 0 Å². The fourth-order valence-corrected chi connectivity index (χ4v) is 3.72. The van der Waals surface area contributed by atoms with Crippen LogP contribution in [0.15, 0.2) is 69.6 Å². The normalized spacial score (nSPS) is 14.0. The van der Waals surface area contributed by atoms with Crippen LogP contribution in [0, 0.1) is 0 Å². The molecular weight excluding hydrogens is 440 g/mol. The first-order valence-corrected chi connectivity index (χ1v) is 10.3. The maximum atomic E-state index is 12.6. The number of amides is 2. The summed E-state index contributed by atoms with van der Waals surface area (Å²) < 4.78 is 0.993. The predicted molar refractivity (Wildman–Crippen MR) is 114 cm³/mol. The zero-order valence-corrected chi connectivity index (χ0v) is 17.0. The predicted octanol–water partition coefficient (Wildman–Crippen LogP) is 4.69. The molecule has 3 aromatic rings. The van der Waals surface area contributed by atoms with Crippen molar-refractivity contribution in [2.24, 2.45) is 5.10 Å². The Bertz CT molecular complexity index is 1050. The van der Waals surface area contributed by atoms with E-state index < -0.39 is 0 Å². The summed E-state index contributed by atoms with van der Waals surface area (Å²) in [6.07, 6.45) is 0.544. The summed E-state index contributed by atoms with van der Waals surface area (Å²) in [5, 5.41) is 10.7. The number of hydrogen-bond donors (Lipinski definition) is 1. The first-order chi connectivity index (χ1) is 13.6. The Balaban J connectivity index is 1.50. The molecule has 8 heteroatoms. The number of rotatable bonds is 4. The largest absolute Gasteiger partial charge is 0.297 e. The van der Waals surface area contributed by atoms with Gasteiger partial charge in [-0.1, -0.05) is 46.3 Å². The number of hydrogen-bond acceptors (Lipinski definition) is 5. The van der Waals surface area contributed by atoms with Crippen molar-refractivity contribution in [2.45, 2.75) is 12.8 Å². The first-order valence-electron chi connectivity index (χ1n) is 8.58. The van der Waals surface area contributed by atoms with Crippen molar-refractivity contribution >= 4 is 55.6 Å². The van der Waals surface area contributed by atoms with Crippen LogP contribution in [0.1, 0.15) is 12.8 Å². The standard InChI is InChI=1S/C20H15BrN4O2S/c21-14-8-6-13(7-9-14)17-12-28-20(22-17)23-19(27)16-10-11-18(26)25(24-16)15-4-2-1-3-5-15/h1-9,12H,10-11H2,(H,22,23,27). The Hall–Kier alpha value is -2.84. The SMILES string of the molecule is O=C(Nc1nc(-c2ccc(Br)cc2)cs1)C1=NN(c2ccccc2)C(=O)CC1. The summed E-state index contributed by atoms with van der Waals surface area (Å²) in [4.78, 5) is 29.3. The zero-order chi connectivity index (χ0) is 19.5. The van der Waals surface area contributed by atoms with Crippen LogP contribution >= 0.6 is 27.3 Å². The van der Waals surface area contributed by atoms with Crippen molar-refractivity contribution in [2.75, 3.05) is 10.3 Å². The van der Waals surface area contributed by atoms with E-state index in [0.717, 1.165) is 15.7 Å². The number of carbonyl (C=O) groups is 2. The van der Waals surface area contributed by atoms with Crippen LogP contribution in [-0.2, 0) is 9.59 Å². The average molecular weight is 455 g/mol.